The molecule has 0 spiro atoms. The summed E-state index contributed by atoms with van der Waals surface area (Å²) in [6.45, 7) is 7.18. The number of ether oxygens (including phenoxy) is 2. The van der Waals surface area contributed by atoms with Crippen LogP contribution in [0.3, 0.4) is 0 Å². The van der Waals surface area contributed by atoms with Gasteiger partial charge in [0.05, 0.1) is 19.4 Å². The van der Waals surface area contributed by atoms with E-state index in [-0.39, 0.29) is 12.6 Å². The molecule has 21 heavy (non-hydrogen) atoms. The first kappa shape index (κ1) is 17.2. The Morgan fingerprint density at radius 1 is 1.43 bits per heavy atom. The number of rotatable bonds is 5. The first-order chi connectivity index (χ1) is 9.75. The molecule has 0 bridgehead atoms. The monoisotopic (exact) mass is 296 g/mol. The minimum atomic E-state index is -0.533. The van der Waals surface area contributed by atoms with Gasteiger partial charge in [-0.2, -0.15) is 0 Å². The maximum atomic E-state index is 11.7. The summed E-state index contributed by atoms with van der Waals surface area (Å²) >= 11 is 0. The summed E-state index contributed by atoms with van der Waals surface area (Å²) in [4.78, 5) is 16.0. The van der Waals surface area contributed by atoms with Crippen molar-refractivity contribution in [3.8, 4) is 5.88 Å². The lowest BCUT2D eigenvalue weighted by molar-refractivity contribution is 0.0508. The average molecular weight is 296 g/mol. The summed E-state index contributed by atoms with van der Waals surface area (Å²) in [6, 6.07) is 3.28. The van der Waals surface area contributed by atoms with E-state index in [1.165, 1.54) is 7.11 Å². The topological polar surface area (TPSA) is 80.7 Å². The second-order valence-corrected chi connectivity index (χ2v) is 5.87. The minimum absolute atomic E-state index is 0.106. The third-order valence-corrected chi connectivity index (χ3v) is 2.69. The summed E-state index contributed by atoms with van der Waals surface area (Å²) in [7, 11) is 1.53. The van der Waals surface area contributed by atoms with Gasteiger partial charge in [0, 0.05) is 18.5 Å². The van der Waals surface area contributed by atoms with Gasteiger partial charge < -0.3 is 19.9 Å². The standard InChI is InChI=1S/C15H24N2O4/c1-10(16-14(19)21-15(2,3)4)8-12-11(9-18)6-7-13(17-12)20-5/h6-7,10,18H,8-9H2,1-5H3,(H,16,19). The van der Waals surface area contributed by atoms with Crippen LogP contribution in [0.1, 0.15) is 39.0 Å². The van der Waals surface area contributed by atoms with E-state index in [0.29, 0.717) is 23.6 Å². The molecule has 1 aromatic heterocycles. The van der Waals surface area contributed by atoms with Gasteiger partial charge in [-0.05, 0) is 39.3 Å². The van der Waals surface area contributed by atoms with Crippen LogP contribution in [0.4, 0.5) is 4.79 Å². The van der Waals surface area contributed by atoms with Crippen molar-refractivity contribution < 1.29 is 19.4 Å². The van der Waals surface area contributed by atoms with E-state index in [1.54, 1.807) is 12.1 Å². The van der Waals surface area contributed by atoms with E-state index in [0.717, 1.165) is 0 Å². The number of aliphatic hydroxyl groups is 1. The Kier molecular flexibility index (Phi) is 5.96. The van der Waals surface area contributed by atoms with E-state index in [1.807, 2.05) is 27.7 Å². The Bertz CT molecular complexity index is 483. The van der Waals surface area contributed by atoms with E-state index >= 15 is 0 Å². The number of methoxy groups -OCH3 is 1. The Morgan fingerprint density at radius 3 is 2.62 bits per heavy atom. The number of pyridine rings is 1. The third kappa shape index (κ3) is 5.99. The first-order valence-electron chi connectivity index (χ1n) is 6.88. The molecular formula is C15H24N2O4. The van der Waals surface area contributed by atoms with Gasteiger partial charge in [-0.15, -0.1) is 0 Å². The number of carbonyl (C=O) groups excluding carboxylic acids is 1. The molecule has 0 saturated carbocycles. The zero-order valence-electron chi connectivity index (χ0n) is 13.3. The number of aromatic nitrogens is 1. The predicted octanol–water partition coefficient (Wildman–Crippen LogP) is 2.04. The van der Waals surface area contributed by atoms with Crippen LogP contribution in [0.25, 0.3) is 0 Å². The molecular weight excluding hydrogens is 272 g/mol. The van der Waals surface area contributed by atoms with Gasteiger partial charge in [0.15, 0.2) is 0 Å². The van der Waals surface area contributed by atoms with Crippen LogP contribution in [0.5, 0.6) is 5.88 Å². The van der Waals surface area contributed by atoms with Crippen molar-refractivity contribution in [2.24, 2.45) is 0 Å². The Morgan fingerprint density at radius 2 is 2.10 bits per heavy atom. The SMILES string of the molecule is COc1ccc(CO)c(CC(C)NC(=O)OC(C)(C)C)n1. The van der Waals surface area contributed by atoms with Crippen molar-refractivity contribution in [1.29, 1.82) is 0 Å². The molecule has 0 aliphatic heterocycles. The molecule has 118 valence electrons. The van der Waals surface area contributed by atoms with Crippen LogP contribution in [0.2, 0.25) is 0 Å². The fraction of sp³-hybridized carbons (Fsp3) is 0.600. The van der Waals surface area contributed by atoms with Crippen LogP contribution in [0, 0.1) is 0 Å². The maximum absolute atomic E-state index is 11.7. The smallest absolute Gasteiger partial charge is 0.407 e. The molecule has 0 aliphatic rings. The average Bonchev–Trinajstić information content (AvgIpc) is 2.35. The van der Waals surface area contributed by atoms with Crippen LogP contribution in [-0.2, 0) is 17.8 Å². The van der Waals surface area contributed by atoms with E-state index in [9.17, 15) is 9.90 Å². The number of alkyl carbamates (subject to hydrolysis) is 1. The molecule has 0 fully saturated rings. The molecule has 1 aromatic rings. The Labute approximate surface area is 125 Å². The number of hydrogen-bond donors (Lipinski definition) is 2. The highest BCUT2D eigenvalue weighted by Crippen LogP contribution is 2.15. The first-order valence-corrected chi connectivity index (χ1v) is 6.88. The van der Waals surface area contributed by atoms with Crippen LogP contribution < -0.4 is 10.1 Å². The highest BCUT2D eigenvalue weighted by atomic mass is 16.6. The predicted molar refractivity (Wildman–Crippen MR) is 79.2 cm³/mol. The fourth-order valence-corrected chi connectivity index (χ4v) is 1.79. The Hall–Kier alpha value is -1.82. The largest absolute Gasteiger partial charge is 0.481 e. The van der Waals surface area contributed by atoms with Gasteiger partial charge in [0.1, 0.15) is 5.60 Å². The molecule has 1 atom stereocenters. The second-order valence-electron chi connectivity index (χ2n) is 5.87. The highest BCUT2D eigenvalue weighted by molar-refractivity contribution is 5.68. The molecule has 6 nitrogen and oxygen atoms in total. The third-order valence-electron chi connectivity index (χ3n) is 2.69. The van der Waals surface area contributed by atoms with Crippen molar-refractivity contribution in [2.45, 2.75) is 52.4 Å². The lowest BCUT2D eigenvalue weighted by Crippen LogP contribution is -2.38. The Balaban J connectivity index is 2.69. The molecule has 6 heteroatoms. The normalized spacial score (nSPS) is 12.7. The summed E-state index contributed by atoms with van der Waals surface area (Å²) in [5.41, 5.74) is 0.878. The quantitative estimate of drug-likeness (QED) is 0.869. The lowest BCUT2D eigenvalue weighted by Gasteiger charge is -2.22. The van der Waals surface area contributed by atoms with Crippen LogP contribution in [-0.4, -0.2) is 34.9 Å². The number of aliphatic hydroxyl groups excluding tert-OH is 1. The summed E-state index contributed by atoms with van der Waals surface area (Å²) in [6.07, 6.45) is 0.00948. The molecule has 0 radical (unpaired) electrons. The molecule has 1 unspecified atom stereocenters. The van der Waals surface area contributed by atoms with Gasteiger partial charge in [-0.1, -0.05) is 0 Å². The molecule has 1 rings (SSSR count). The minimum Gasteiger partial charge on any atom is -0.481 e. The van der Waals surface area contributed by atoms with Gasteiger partial charge in [-0.3, -0.25) is 0 Å². The zero-order valence-corrected chi connectivity index (χ0v) is 13.3. The number of hydrogen-bond acceptors (Lipinski definition) is 5. The van der Waals surface area contributed by atoms with E-state index in [2.05, 4.69) is 10.3 Å². The number of amides is 1. The van der Waals surface area contributed by atoms with Crippen molar-refractivity contribution >= 4 is 6.09 Å². The molecule has 1 amide bonds. The van der Waals surface area contributed by atoms with Crippen molar-refractivity contribution in [3.05, 3.63) is 23.4 Å². The van der Waals surface area contributed by atoms with Crippen molar-refractivity contribution in [1.82, 2.24) is 10.3 Å². The van der Waals surface area contributed by atoms with E-state index < -0.39 is 11.7 Å². The maximum Gasteiger partial charge on any atom is 0.407 e. The second kappa shape index (κ2) is 7.26. The summed E-state index contributed by atoms with van der Waals surface area (Å²) in [5.74, 6) is 0.478. The number of nitrogens with one attached hydrogen (secondary N) is 1. The fourth-order valence-electron chi connectivity index (χ4n) is 1.79. The highest BCUT2D eigenvalue weighted by Gasteiger charge is 2.18. The summed E-state index contributed by atoms with van der Waals surface area (Å²) < 4.78 is 10.3. The molecule has 2 N–H and O–H groups in total. The van der Waals surface area contributed by atoms with Crippen LogP contribution >= 0.6 is 0 Å². The van der Waals surface area contributed by atoms with E-state index in [4.69, 9.17) is 9.47 Å². The van der Waals surface area contributed by atoms with Gasteiger partial charge in [0.25, 0.3) is 0 Å². The molecule has 1 heterocycles. The molecule has 0 saturated heterocycles. The van der Waals surface area contributed by atoms with Crippen molar-refractivity contribution in [2.75, 3.05) is 7.11 Å². The molecule has 0 aliphatic carbocycles. The number of nitrogens with zero attached hydrogens (tertiary/aromatic N) is 1. The van der Waals surface area contributed by atoms with Gasteiger partial charge in [0.2, 0.25) is 5.88 Å². The number of carbonyl (C=O) groups is 1. The van der Waals surface area contributed by atoms with Gasteiger partial charge >= 0.3 is 6.09 Å². The van der Waals surface area contributed by atoms with Crippen LogP contribution in [0.15, 0.2) is 12.1 Å². The zero-order chi connectivity index (χ0) is 16.0. The molecule has 0 aromatic carbocycles. The van der Waals surface area contributed by atoms with Crippen molar-refractivity contribution in [3.63, 3.8) is 0 Å². The van der Waals surface area contributed by atoms with Gasteiger partial charge in [-0.25, -0.2) is 9.78 Å². The lowest BCUT2D eigenvalue weighted by atomic mass is 10.1. The summed E-state index contributed by atoms with van der Waals surface area (Å²) in [5, 5.41) is 12.1.